The van der Waals surface area contributed by atoms with E-state index in [4.69, 9.17) is 5.11 Å². The predicted octanol–water partition coefficient (Wildman–Crippen LogP) is 1.15. The first-order chi connectivity index (χ1) is 14.4. The topological polar surface area (TPSA) is 99.4 Å². The number of aliphatic hydroxyl groups is 1. The molecule has 30 heavy (non-hydrogen) atoms. The van der Waals surface area contributed by atoms with E-state index in [2.05, 4.69) is 25.3 Å². The second-order valence-electron chi connectivity index (χ2n) is 7.69. The summed E-state index contributed by atoms with van der Waals surface area (Å²) in [6.45, 7) is 1.49. The number of rotatable bonds is 6. The number of nitrogens with zero attached hydrogens (tertiary/aromatic N) is 6. The van der Waals surface area contributed by atoms with E-state index in [1.165, 1.54) is 0 Å². The Bertz CT molecular complexity index is 944. The van der Waals surface area contributed by atoms with Gasteiger partial charge in [-0.25, -0.2) is 13.8 Å². The number of thioether (sulfide) groups is 1. The number of anilines is 3. The Morgan fingerprint density at radius 2 is 2.23 bits per heavy atom. The van der Waals surface area contributed by atoms with E-state index in [-0.39, 0.29) is 24.4 Å². The average molecular weight is 437 g/mol. The van der Waals surface area contributed by atoms with Crippen LogP contribution in [0.5, 0.6) is 0 Å². The number of hydrogen-bond acceptors (Lipinski definition) is 8. The molecule has 0 aromatic carbocycles. The molecule has 1 amide bonds. The van der Waals surface area contributed by atoms with Crippen LogP contribution in [-0.4, -0.2) is 78.4 Å². The van der Waals surface area contributed by atoms with Gasteiger partial charge in [0.05, 0.1) is 36.5 Å². The van der Waals surface area contributed by atoms with Gasteiger partial charge in [-0.05, 0) is 6.07 Å². The van der Waals surface area contributed by atoms with Gasteiger partial charge in [-0.15, -0.1) is 11.8 Å². The number of fused-ring (bicyclic) bond motifs is 2. The monoisotopic (exact) mass is 437 g/mol. The van der Waals surface area contributed by atoms with Gasteiger partial charge in [-0.1, -0.05) is 0 Å². The third-order valence-corrected chi connectivity index (χ3v) is 6.89. The third kappa shape index (κ3) is 3.58. The molecule has 1 saturated carbocycles. The molecule has 3 fully saturated rings. The minimum atomic E-state index is -2.84. The smallest absolute Gasteiger partial charge is 0.260 e. The van der Waals surface area contributed by atoms with Gasteiger partial charge in [0.2, 0.25) is 11.9 Å². The largest absolute Gasteiger partial charge is 0.394 e. The molecule has 2 saturated heterocycles. The van der Waals surface area contributed by atoms with Crippen molar-refractivity contribution in [2.24, 2.45) is 5.92 Å². The van der Waals surface area contributed by atoms with Crippen LogP contribution in [0.4, 0.5) is 26.2 Å². The van der Waals surface area contributed by atoms with Crippen molar-refractivity contribution in [2.45, 2.75) is 30.3 Å². The van der Waals surface area contributed by atoms with Crippen molar-refractivity contribution in [1.29, 1.82) is 0 Å². The summed E-state index contributed by atoms with van der Waals surface area (Å²) in [6.07, 6.45) is 4.70. The van der Waals surface area contributed by atoms with Crippen molar-refractivity contribution in [1.82, 2.24) is 24.6 Å². The molecule has 2 aliphatic heterocycles. The van der Waals surface area contributed by atoms with Gasteiger partial charge in [0.15, 0.2) is 0 Å². The van der Waals surface area contributed by atoms with Gasteiger partial charge in [0, 0.05) is 37.7 Å². The zero-order valence-corrected chi connectivity index (χ0v) is 16.8. The summed E-state index contributed by atoms with van der Waals surface area (Å²) >= 11 is 1.64. The lowest BCUT2D eigenvalue weighted by atomic mass is 10.1. The van der Waals surface area contributed by atoms with Crippen LogP contribution in [-0.2, 0) is 11.3 Å². The first kappa shape index (κ1) is 19.5. The van der Waals surface area contributed by atoms with E-state index in [0.29, 0.717) is 31.3 Å². The van der Waals surface area contributed by atoms with Gasteiger partial charge in [0.25, 0.3) is 5.92 Å². The van der Waals surface area contributed by atoms with Gasteiger partial charge in [-0.3, -0.25) is 9.48 Å². The first-order valence-electron chi connectivity index (χ1n) is 9.74. The molecule has 12 heteroatoms. The lowest BCUT2D eigenvalue weighted by Crippen LogP contribution is -2.57. The summed E-state index contributed by atoms with van der Waals surface area (Å²) in [5.74, 6) is -2.52. The number of piperazine rings is 1. The van der Waals surface area contributed by atoms with Crippen LogP contribution in [0.1, 0.15) is 6.42 Å². The van der Waals surface area contributed by atoms with Crippen molar-refractivity contribution < 1.29 is 18.7 Å². The average Bonchev–Trinajstić information content (AvgIpc) is 3.01. The molecule has 5 rings (SSSR count). The highest BCUT2D eigenvalue weighted by atomic mass is 32.2. The molecule has 2 aromatic heterocycles. The maximum atomic E-state index is 13.4. The van der Waals surface area contributed by atoms with E-state index in [9.17, 15) is 13.6 Å². The summed E-state index contributed by atoms with van der Waals surface area (Å²) in [5, 5.41) is 16.1. The van der Waals surface area contributed by atoms with Crippen molar-refractivity contribution >= 4 is 35.1 Å². The molecule has 2 N–H and O–H groups in total. The number of alkyl halides is 2. The van der Waals surface area contributed by atoms with E-state index in [0.717, 1.165) is 11.6 Å². The zero-order chi connectivity index (χ0) is 20.9. The van der Waals surface area contributed by atoms with Crippen molar-refractivity contribution in [3.05, 3.63) is 24.7 Å². The highest BCUT2D eigenvalue weighted by Crippen LogP contribution is 2.51. The minimum absolute atomic E-state index is 0.000317. The summed E-state index contributed by atoms with van der Waals surface area (Å²) < 4.78 is 28.4. The molecule has 2 bridgehead atoms. The number of amides is 1. The lowest BCUT2D eigenvalue weighted by Gasteiger charge is -2.40. The normalized spacial score (nSPS) is 26.7. The van der Waals surface area contributed by atoms with Gasteiger partial charge >= 0.3 is 0 Å². The quantitative estimate of drug-likeness (QED) is 0.695. The fourth-order valence-electron chi connectivity index (χ4n) is 3.95. The maximum Gasteiger partial charge on any atom is 0.260 e. The van der Waals surface area contributed by atoms with Crippen LogP contribution in [0.25, 0.3) is 0 Å². The van der Waals surface area contributed by atoms with E-state index in [1.807, 2.05) is 0 Å². The molecule has 3 atom stereocenters. The number of carbonyl (C=O) groups excluding carboxylic acids is 1. The Labute approximate surface area is 175 Å². The zero-order valence-electron chi connectivity index (χ0n) is 16.0. The number of carbonyl (C=O) groups is 1. The standard InChI is InChI=1S/C18H21F2N7O2S/c19-18(20)5-13(18)16(29)27-12-8-25(9-15(27)30-10-12)14-1-2-21-17(24-14)23-11-6-22-26(7-11)3-4-28/h1-2,6-7,12-13,15,28H,3-5,8-10H2,(H,21,23,24)/t12-,13+,15-/m1/s1. The molecular formula is C18H21F2N7O2S. The third-order valence-electron chi connectivity index (χ3n) is 5.55. The van der Waals surface area contributed by atoms with Crippen LogP contribution in [0.15, 0.2) is 24.7 Å². The van der Waals surface area contributed by atoms with Crippen LogP contribution < -0.4 is 10.2 Å². The van der Waals surface area contributed by atoms with Gasteiger partial charge in [-0.2, -0.15) is 10.1 Å². The first-order valence-corrected chi connectivity index (χ1v) is 10.8. The van der Waals surface area contributed by atoms with Gasteiger partial charge < -0.3 is 20.2 Å². The highest BCUT2D eigenvalue weighted by molar-refractivity contribution is 8.00. The molecule has 0 spiro atoms. The Balaban J connectivity index is 1.27. The second kappa shape index (κ2) is 7.34. The highest BCUT2D eigenvalue weighted by Gasteiger charge is 2.64. The number of aliphatic hydroxyl groups excluding tert-OH is 1. The Hall–Kier alpha value is -2.47. The van der Waals surface area contributed by atoms with Crippen LogP contribution in [0, 0.1) is 5.92 Å². The van der Waals surface area contributed by atoms with Crippen molar-refractivity contribution in [3.8, 4) is 0 Å². The molecule has 3 aliphatic rings. The molecule has 4 heterocycles. The number of aromatic nitrogens is 4. The van der Waals surface area contributed by atoms with E-state index in [1.54, 1.807) is 46.0 Å². The molecule has 0 radical (unpaired) electrons. The molecule has 160 valence electrons. The van der Waals surface area contributed by atoms with Crippen LogP contribution in [0.3, 0.4) is 0 Å². The van der Waals surface area contributed by atoms with Crippen LogP contribution in [0.2, 0.25) is 0 Å². The van der Waals surface area contributed by atoms with Gasteiger partial charge in [0.1, 0.15) is 11.7 Å². The Morgan fingerprint density at radius 1 is 1.40 bits per heavy atom. The number of nitrogens with one attached hydrogen (secondary N) is 1. The summed E-state index contributed by atoms with van der Waals surface area (Å²) in [5.41, 5.74) is 0.706. The SMILES string of the molecule is O=C([C@@H]1CC1(F)F)N1[C@H]2CS[C@@H]1CN(c1ccnc(Nc3cnn(CCO)c3)n1)C2. The molecule has 0 unspecified atom stereocenters. The summed E-state index contributed by atoms with van der Waals surface area (Å²) in [6, 6.07) is 1.71. The Kier molecular flexibility index (Phi) is 4.77. The molecule has 2 aromatic rings. The number of hydrogen-bond donors (Lipinski definition) is 2. The molecular weight excluding hydrogens is 416 g/mol. The Morgan fingerprint density at radius 3 is 2.97 bits per heavy atom. The fraction of sp³-hybridized carbons (Fsp3) is 0.556. The van der Waals surface area contributed by atoms with Crippen molar-refractivity contribution in [2.75, 3.05) is 35.7 Å². The summed E-state index contributed by atoms with van der Waals surface area (Å²) in [4.78, 5) is 25.1. The fourth-order valence-corrected chi connectivity index (χ4v) is 5.39. The molecule has 9 nitrogen and oxygen atoms in total. The van der Waals surface area contributed by atoms with Crippen LogP contribution >= 0.6 is 11.8 Å². The van der Waals surface area contributed by atoms with Crippen molar-refractivity contribution in [3.63, 3.8) is 0 Å². The minimum Gasteiger partial charge on any atom is -0.394 e. The van der Waals surface area contributed by atoms with E-state index < -0.39 is 17.7 Å². The second-order valence-corrected chi connectivity index (χ2v) is 8.90. The maximum absolute atomic E-state index is 13.4. The van der Waals surface area contributed by atoms with E-state index >= 15 is 0 Å². The number of halogens is 2. The predicted molar refractivity (Wildman–Crippen MR) is 107 cm³/mol. The molecule has 1 aliphatic carbocycles. The lowest BCUT2D eigenvalue weighted by molar-refractivity contribution is -0.137. The summed E-state index contributed by atoms with van der Waals surface area (Å²) in [7, 11) is 0.